The van der Waals surface area contributed by atoms with Crippen molar-refractivity contribution in [3.63, 3.8) is 0 Å². The largest absolute Gasteiger partial charge is 0.317 e. The maximum Gasteiger partial charge on any atom is 0.0312 e. The minimum Gasteiger partial charge on any atom is -0.317 e. The number of rotatable bonds is 3. The van der Waals surface area contributed by atoms with Crippen molar-refractivity contribution in [3.05, 3.63) is 30.1 Å². The van der Waals surface area contributed by atoms with Crippen LogP contribution in [0, 0.1) is 0 Å². The molecule has 3 heteroatoms. The van der Waals surface area contributed by atoms with Crippen molar-refractivity contribution in [2.75, 3.05) is 20.1 Å². The van der Waals surface area contributed by atoms with Gasteiger partial charge in [-0.15, -0.1) is 0 Å². The van der Waals surface area contributed by atoms with E-state index in [9.17, 15) is 0 Å². The molecule has 2 heterocycles. The molecule has 1 aromatic rings. The molecule has 0 saturated carbocycles. The van der Waals surface area contributed by atoms with Crippen LogP contribution in [0.1, 0.15) is 24.8 Å². The van der Waals surface area contributed by atoms with Crippen LogP contribution in [0.15, 0.2) is 24.5 Å². The summed E-state index contributed by atoms with van der Waals surface area (Å²) < 4.78 is 0. The van der Waals surface area contributed by atoms with Gasteiger partial charge in [-0.25, -0.2) is 0 Å². The second-order valence-electron chi connectivity index (χ2n) is 4.61. The summed E-state index contributed by atoms with van der Waals surface area (Å²) in [7, 11) is 2.23. The van der Waals surface area contributed by atoms with Crippen LogP contribution in [0.25, 0.3) is 0 Å². The molecule has 1 unspecified atom stereocenters. The summed E-state index contributed by atoms with van der Waals surface area (Å²) in [6, 6.07) is 4.88. The van der Waals surface area contributed by atoms with E-state index >= 15 is 0 Å². The Morgan fingerprint density at radius 1 is 1.44 bits per heavy atom. The van der Waals surface area contributed by atoms with Crippen LogP contribution in [0.2, 0.25) is 0 Å². The molecular formula is C13H21N3. The van der Waals surface area contributed by atoms with Crippen LogP contribution in [-0.2, 0) is 6.54 Å². The Balaban J connectivity index is 1.89. The van der Waals surface area contributed by atoms with Gasteiger partial charge in [-0.1, -0.05) is 6.07 Å². The topological polar surface area (TPSA) is 28.2 Å². The highest BCUT2D eigenvalue weighted by molar-refractivity contribution is 5.08. The van der Waals surface area contributed by atoms with E-state index < -0.39 is 0 Å². The molecule has 0 aliphatic carbocycles. The number of aromatic nitrogens is 1. The minimum absolute atomic E-state index is 0.718. The Morgan fingerprint density at radius 2 is 2.38 bits per heavy atom. The van der Waals surface area contributed by atoms with Gasteiger partial charge in [-0.3, -0.25) is 9.88 Å². The zero-order valence-electron chi connectivity index (χ0n) is 10.0. The van der Waals surface area contributed by atoms with Crippen molar-refractivity contribution in [2.24, 2.45) is 0 Å². The van der Waals surface area contributed by atoms with Gasteiger partial charge in [-0.2, -0.15) is 0 Å². The van der Waals surface area contributed by atoms with E-state index in [1.807, 2.05) is 18.5 Å². The molecule has 1 aliphatic heterocycles. The summed E-state index contributed by atoms with van der Waals surface area (Å²) in [5.74, 6) is 0. The fraction of sp³-hybridized carbons (Fsp3) is 0.615. The molecule has 16 heavy (non-hydrogen) atoms. The van der Waals surface area contributed by atoms with Crippen LogP contribution in [0.4, 0.5) is 0 Å². The molecular weight excluding hydrogens is 198 g/mol. The number of nitrogens with one attached hydrogen (secondary N) is 1. The molecule has 0 aromatic carbocycles. The van der Waals surface area contributed by atoms with Crippen LogP contribution in [0.3, 0.4) is 0 Å². The highest BCUT2D eigenvalue weighted by Crippen LogP contribution is 2.14. The fourth-order valence-electron chi connectivity index (χ4n) is 2.35. The molecule has 1 aromatic heterocycles. The number of nitrogens with zero attached hydrogens (tertiary/aromatic N) is 2. The molecule has 3 nitrogen and oxygen atoms in total. The third-order valence-corrected chi connectivity index (χ3v) is 3.32. The van der Waals surface area contributed by atoms with E-state index in [-0.39, 0.29) is 0 Å². The zero-order valence-corrected chi connectivity index (χ0v) is 10.0. The molecule has 0 radical (unpaired) electrons. The van der Waals surface area contributed by atoms with Gasteiger partial charge in [0.15, 0.2) is 0 Å². The molecule has 0 spiro atoms. The number of hydrogen-bond acceptors (Lipinski definition) is 3. The summed E-state index contributed by atoms with van der Waals surface area (Å²) in [5.41, 5.74) is 1.31. The molecule has 2 rings (SSSR count). The first-order valence-electron chi connectivity index (χ1n) is 6.16. The van der Waals surface area contributed by atoms with Gasteiger partial charge in [0.25, 0.3) is 0 Å². The first-order valence-corrected chi connectivity index (χ1v) is 6.16. The van der Waals surface area contributed by atoms with Crippen LogP contribution >= 0.6 is 0 Å². The van der Waals surface area contributed by atoms with Gasteiger partial charge in [0, 0.05) is 25.0 Å². The van der Waals surface area contributed by atoms with E-state index in [1.165, 1.54) is 31.4 Å². The summed E-state index contributed by atoms with van der Waals surface area (Å²) in [6.45, 7) is 3.35. The van der Waals surface area contributed by atoms with Crippen molar-refractivity contribution in [1.29, 1.82) is 0 Å². The Bertz CT molecular complexity index is 291. The average molecular weight is 219 g/mol. The van der Waals surface area contributed by atoms with E-state index in [0.717, 1.165) is 19.1 Å². The van der Waals surface area contributed by atoms with Gasteiger partial charge >= 0.3 is 0 Å². The molecule has 1 N–H and O–H groups in total. The van der Waals surface area contributed by atoms with Crippen molar-refractivity contribution in [1.82, 2.24) is 15.2 Å². The van der Waals surface area contributed by atoms with Gasteiger partial charge in [0.2, 0.25) is 0 Å². The minimum atomic E-state index is 0.718. The third kappa shape index (κ3) is 3.29. The van der Waals surface area contributed by atoms with Crippen LogP contribution < -0.4 is 5.32 Å². The number of pyridine rings is 1. The Morgan fingerprint density at radius 3 is 3.19 bits per heavy atom. The predicted molar refractivity (Wildman–Crippen MR) is 66.2 cm³/mol. The maximum atomic E-state index is 4.16. The summed E-state index contributed by atoms with van der Waals surface area (Å²) in [6.07, 6.45) is 7.66. The second-order valence-corrected chi connectivity index (χ2v) is 4.61. The molecule has 0 amide bonds. The third-order valence-electron chi connectivity index (χ3n) is 3.32. The lowest BCUT2D eigenvalue weighted by Crippen LogP contribution is -2.32. The SMILES string of the molecule is CN(Cc1cccnc1)C1CCCNCC1. The summed E-state index contributed by atoms with van der Waals surface area (Å²) in [4.78, 5) is 6.62. The summed E-state index contributed by atoms with van der Waals surface area (Å²) in [5, 5.41) is 3.46. The quantitative estimate of drug-likeness (QED) is 0.838. The summed E-state index contributed by atoms with van der Waals surface area (Å²) >= 11 is 0. The smallest absolute Gasteiger partial charge is 0.0312 e. The van der Waals surface area contributed by atoms with Crippen molar-refractivity contribution >= 4 is 0 Å². The Kier molecular flexibility index (Phi) is 4.31. The highest BCUT2D eigenvalue weighted by Gasteiger charge is 2.16. The zero-order chi connectivity index (χ0) is 11.2. The van der Waals surface area contributed by atoms with Crippen molar-refractivity contribution in [2.45, 2.75) is 31.8 Å². The van der Waals surface area contributed by atoms with Crippen LogP contribution in [-0.4, -0.2) is 36.1 Å². The lowest BCUT2D eigenvalue weighted by Gasteiger charge is -2.26. The lowest BCUT2D eigenvalue weighted by atomic mass is 10.1. The fourth-order valence-corrected chi connectivity index (χ4v) is 2.35. The van der Waals surface area contributed by atoms with E-state index in [4.69, 9.17) is 0 Å². The highest BCUT2D eigenvalue weighted by atomic mass is 15.1. The maximum absolute atomic E-state index is 4.16. The van der Waals surface area contributed by atoms with Gasteiger partial charge in [0.05, 0.1) is 0 Å². The van der Waals surface area contributed by atoms with E-state index in [0.29, 0.717) is 0 Å². The normalized spacial score (nSPS) is 22.0. The Hall–Kier alpha value is -0.930. The first kappa shape index (κ1) is 11.6. The average Bonchev–Trinajstić information content (AvgIpc) is 2.59. The molecule has 88 valence electrons. The molecule has 1 aliphatic rings. The Labute approximate surface area is 97.9 Å². The molecule has 1 saturated heterocycles. The van der Waals surface area contributed by atoms with Gasteiger partial charge in [-0.05, 0) is 51.0 Å². The van der Waals surface area contributed by atoms with Crippen molar-refractivity contribution in [3.8, 4) is 0 Å². The molecule has 1 fully saturated rings. The second kappa shape index (κ2) is 5.97. The van der Waals surface area contributed by atoms with Crippen LogP contribution in [0.5, 0.6) is 0 Å². The van der Waals surface area contributed by atoms with Gasteiger partial charge < -0.3 is 5.32 Å². The number of hydrogen-bond donors (Lipinski definition) is 1. The molecule has 0 bridgehead atoms. The van der Waals surface area contributed by atoms with Crippen molar-refractivity contribution < 1.29 is 0 Å². The van der Waals surface area contributed by atoms with E-state index in [2.05, 4.69) is 28.3 Å². The molecule has 1 atom stereocenters. The predicted octanol–water partition coefficient (Wildman–Crippen LogP) is 1.66. The van der Waals surface area contributed by atoms with E-state index in [1.54, 1.807) is 0 Å². The first-order chi connectivity index (χ1) is 7.86. The standard InChI is InChI=1S/C13H21N3/c1-16(11-12-4-2-8-15-10-12)13-5-3-7-14-9-6-13/h2,4,8,10,13-14H,3,5-7,9,11H2,1H3. The lowest BCUT2D eigenvalue weighted by molar-refractivity contribution is 0.216. The monoisotopic (exact) mass is 219 g/mol. The van der Waals surface area contributed by atoms with Gasteiger partial charge in [0.1, 0.15) is 0 Å².